The standard InChI is InChI=1S/C19H24N4O3.C17H22N4O2/c1-5-26-10-15-22-16-17(23(15)11-19(3,4)25)13-8-6-7-9-14(13)21-18(16)20-12(2)24;1-4-23-9-13-20-14-15(21(13)10-17(2,3)22)11-7-5-6-8-12(11)19-16(14)18/h6-9,25H,5,10-11H2,1-4H3,(H,20,21,24);5-8,22H,4,9-10H2,1-3H3,(H2,18,19). The van der Waals surface area contributed by atoms with Crippen molar-refractivity contribution in [2.24, 2.45) is 0 Å². The van der Waals surface area contributed by atoms with Gasteiger partial charge in [-0.15, -0.1) is 0 Å². The van der Waals surface area contributed by atoms with Crippen molar-refractivity contribution in [2.45, 2.75) is 86.0 Å². The Morgan fingerprint density at radius 3 is 1.67 bits per heavy atom. The van der Waals surface area contributed by atoms with Gasteiger partial charge < -0.3 is 39.9 Å². The van der Waals surface area contributed by atoms with Crippen LogP contribution in [0.4, 0.5) is 11.6 Å². The molecule has 5 N–H and O–H groups in total. The quantitative estimate of drug-likeness (QED) is 0.141. The average molecular weight is 671 g/mol. The molecule has 1 amide bonds. The highest BCUT2D eigenvalue weighted by molar-refractivity contribution is 6.09. The summed E-state index contributed by atoms with van der Waals surface area (Å²) < 4.78 is 15.0. The van der Waals surface area contributed by atoms with Crippen LogP contribution < -0.4 is 11.1 Å². The van der Waals surface area contributed by atoms with Crippen molar-refractivity contribution in [3.8, 4) is 0 Å². The van der Waals surface area contributed by atoms with Gasteiger partial charge in [0, 0.05) is 30.9 Å². The summed E-state index contributed by atoms with van der Waals surface area (Å²) in [6, 6.07) is 15.5. The number of fused-ring (bicyclic) bond motifs is 6. The van der Waals surface area contributed by atoms with E-state index in [2.05, 4.69) is 25.3 Å². The summed E-state index contributed by atoms with van der Waals surface area (Å²) in [7, 11) is 0. The van der Waals surface area contributed by atoms with E-state index in [1.54, 1.807) is 27.7 Å². The first-order chi connectivity index (χ1) is 23.2. The lowest BCUT2D eigenvalue weighted by molar-refractivity contribution is -0.114. The zero-order valence-corrected chi connectivity index (χ0v) is 29.2. The van der Waals surface area contributed by atoms with Crippen LogP contribution in [-0.4, -0.2) is 69.6 Å². The van der Waals surface area contributed by atoms with Crippen molar-refractivity contribution < 1.29 is 24.5 Å². The lowest BCUT2D eigenvalue weighted by Gasteiger charge is -2.20. The van der Waals surface area contributed by atoms with E-state index in [0.717, 1.165) is 38.7 Å². The van der Waals surface area contributed by atoms with Crippen molar-refractivity contribution in [1.29, 1.82) is 0 Å². The molecule has 4 aromatic heterocycles. The number of ether oxygens (including phenoxy) is 2. The summed E-state index contributed by atoms with van der Waals surface area (Å²) in [6.45, 7) is 14.9. The first-order valence-corrected chi connectivity index (χ1v) is 16.4. The Kier molecular flexibility index (Phi) is 10.5. The van der Waals surface area contributed by atoms with Gasteiger partial charge in [0.05, 0.1) is 46.4 Å². The second-order valence-electron chi connectivity index (χ2n) is 13.2. The second kappa shape index (κ2) is 14.4. The van der Waals surface area contributed by atoms with E-state index in [1.807, 2.05) is 71.5 Å². The number of aliphatic hydroxyl groups is 2. The molecule has 0 bridgehead atoms. The van der Waals surface area contributed by atoms with E-state index in [0.29, 0.717) is 68.0 Å². The van der Waals surface area contributed by atoms with E-state index >= 15 is 0 Å². The van der Waals surface area contributed by atoms with Crippen LogP contribution >= 0.6 is 0 Å². The highest BCUT2D eigenvalue weighted by Gasteiger charge is 2.24. The number of nitrogens with one attached hydrogen (secondary N) is 1. The van der Waals surface area contributed by atoms with Gasteiger partial charge in [-0.05, 0) is 53.7 Å². The molecular weight excluding hydrogens is 624 g/mol. The number of nitrogen functional groups attached to an aromatic ring is 1. The molecule has 0 spiro atoms. The molecule has 6 aromatic rings. The molecule has 6 rings (SSSR count). The maximum atomic E-state index is 11.6. The lowest BCUT2D eigenvalue weighted by Crippen LogP contribution is -2.27. The molecule has 13 nitrogen and oxygen atoms in total. The van der Waals surface area contributed by atoms with Gasteiger partial charge in [0.2, 0.25) is 5.91 Å². The number of benzene rings is 2. The number of hydrogen-bond donors (Lipinski definition) is 4. The minimum Gasteiger partial charge on any atom is -0.389 e. The predicted molar refractivity (Wildman–Crippen MR) is 192 cm³/mol. The molecule has 0 saturated carbocycles. The van der Waals surface area contributed by atoms with Gasteiger partial charge in [-0.25, -0.2) is 19.9 Å². The number of carbonyl (C=O) groups excluding carboxylic acids is 1. The van der Waals surface area contributed by atoms with Gasteiger partial charge in [-0.3, -0.25) is 4.79 Å². The SMILES string of the molecule is CCOCc1nc2c(N)nc3ccccc3c2n1CC(C)(C)O.CCOCc1nc2c(NC(C)=O)nc3ccccc3c2n1CC(C)(C)O. The molecule has 0 unspecified atom stereocenters. The summed E-state index contributed by atoms with van der Waals surface area (Å²) in [5.41, 5.74) is 8.83. The average Bonchev–Trinajstić information content (AvgIpc) is 3.56. The Hall–Kier alpha value is -4.69. The van der Waals surface area contributed by atoms with Gasteiger partial charge in [0.1, 0.15) is 35.9 Å². The lowest BCUT2D eigenvalue weighted by atomic mass is 10.1. The van der Waals surface area contributed by atoms with Gasteiger partial charge in [-0.2, -0.15) is 0 Å². The number of amides is 1. The molecule has 0 radical (unpaired) electrons. The number of aromatic nitrogens is 6. The third-order valence-electron chi connectivity index (χ3n) is 7.61. The largest absolute Gasteiger partial charge is 0.389 e. The molecule has 0 aliphatic heterocycles. The zero-order chi connectivity index (χ0) is 35.5. The molecule has 260 valence electrons. The summed E-state index contributed by atoms with van der Waals surface area (Å²) in [5, 5.41) is 25.4. The van der Waals surface area contributed by atoms with Gasteiger partial charge >= 0.3 is 0 Å². The summed E-state index contributed by atoms with van der Waals surface area (Å²) in [6.07, 6.45) is 0. The smallest absolute Gasteiger partial charge is 0.222 e. The minimum atomic E-state index is -0.937. The maximum absolute atomic E-state index is 11.6. The molecule has 0 fully saturated rings. The Balaban J connectivity index is 0.000000192. The highest BCUT2D eigenvalue weighted by Crippen LogP contribution is 2.32. The number of anilines is 2. The fourth-order valence-electron chi connectivity index (χ4n) is 5.76. The normalized spacial score (nSPS) is 12.2. The van der Waals surface area contributed by atoms with Gasteiger partial charge in [0.15, 0.2) is 11.6 Å². The summed E-state index contributed by atoms with van der Waals surface area (Å²) in [5.74, 6) is 2.03. The summed E-state index contributed by atoms with van der Waals surface area (Å²) >= 11 is 0. The first kappa shape index (κ1) is 35.6. The maximum Gasteiger partial charge on any atom is 0.222 e. The molecule has 49 heavy (non-hydrogen) atoms. The van der Waals surface area contributed by atoms with Crippen LogP contribution in [0, 0.1) is 0 Å². The molecule has 0 aliphatic carbocycles. The predicted octanol–water partition coefficient (Wildman–Crippen LogP) is 5.32. The van der Waals surface area contributed by atoms with Crippen LogP contribution in [-0.2, 0) is 40.6 Å². The Morgan fingerprint density at radius 2 is 1.20 bits per heavy atom. The fourth-order valence-corrected chi connectivity index (χ4v) is 5.76. The van der Waals surface area contributed by atoms with E-state index in [9.17, 15) is 15.0 Å². The number of para-hydroxylation sites is 2. The number of nitrogens with two attached hydrogens (primary N) is 1. The van der Waals surface area contributed by atoms with E-state index in [-0.39, 0.29) is 5.91 Å². The number of pyridine rings is 2. The van der Waals surface area contributed by atoms with Gasteiger partial charge in [0.25, 0.3) is 0 Å². The number of imidazole rings is 2. The topological polar surface area (TPSA) is 175 Å². The first-order valence-electron chi connectivity index (χ1n) is 16.4. The molecule has 13 heteroatoms. The Labute approximate surface area is 285 Å². The van der Waals surface area contributed by atoms with E-state index in [1.165, 1.54) is 6.92 Å². The van der Waals surface area contributed by atoms with Crippen LogP contribution in [0.25, 0.3) is 43.9 Å². The van der Waals surface area contributed by atoms with E-state index < -0.39 is 11.2 Å². The van der Waals surface area contributed by atoms with Gasteiger partial charge in [-0.1, -0.05) is 36.4 Å². The third-order valence-corrected chi connectivity index (χ3v) is 7.61. The van der Waals surface area contributed by atoms with Crippen LogP contribution in [0.5, 0.6) is 0 Å². The zero-order valence-electron chi connectivity index (χ0n) is 29.2. The van der Waals surface area contributed by atoms with Crippen LogP contribution in [0.2, 0.25) is 0 Å². The molecule has 4 heterocycles. The summed E-state index contributed by atoms with van der Waals surface area (Å²) in [4.78, 5) is 29.9. The monoisotopic (exact) mass is 670 g/mol. The van der Waals surface area contributed by atoms with Crippen molar-refractivity contribution in [1.82, 2.24) is 29.1 Å². The fraction of sp³-hybridized carbons (Fsp3) is 0.417. The van der Waals surface area contributed by atoms with E-state index in [4.69, 9.17) is 15.2 Å². The highest BCUT2D eigenvalue weighted by atomic mass is 16.5. The molecule has 0 saturated heterocycles. The van der Waals surface area contributed by atoms with Crippen LogP contribution in [0.3, 0.4) is 0 Å². The molecular formula is C36H46N8O5. The number of nitrogens with zero attached hydrogens (tertiary/aromatic N) is 6. The third kappa shape index (κ3) is 8.14. The minimum absolute atomic E-state index is 0.211. The van der Waals surface area contributed by atoms with Crippen molar-refractivity contribution >= 4 is 61.4 Å². The molecule has 0 atom stereocenters. The number of hydrogen-bond acceptors (Lipinski definition) is 10. The Bertz CT molecular complexity index is 2110. The van der Waals surface area contributed by atoms with Crippen LogP contribution in [0.15, 0.2) is 48.5 Å². The second-order valence-corrected chi connectivity index (χ2v) is 13.2. The van der Waals surface area contributed by atoms with Crippen molar-refractivity contribution in [2.75, 3.05) is 24.3 Å². The van der Waals surface area contributed by atoms with Crippen molar-refractivity contribution in [3.05, 3.63) is 60.2 Å². The number of carbonyl (C=O) groups is 1. The molecule has 0 aliphatic rings. The Morgan fingerprint density at radius 1 is 0.755 bits per heavy atom. The molecule has 2 aromatic carbocycles. The number of rotatable bonds is 11. The van der Waals surface area contributed by atoms with Crippen molar-refractivity contribution in [3.63, 3.8) is 0 Å². The van der Waals surface area contributed by atoms with Crippen LogP contribution in [0.1, 0.15) is 60.1 Å².